The van der Waals surface area contributed by atoms with Gasteiger partial charge in [-0.2, -0.15) is 0 Å². The molecule has 4 nitrogen and oxygen atoms in total. The van der Waals surface area contributed by atoms with Crippen LogP contribution in [-0.4, -0.2) is 36.7 Å². The van der Waals surface area contributed by atoms with Gasteiger partial charge in [0.15, 0.2) is 0 Å². The van der Waals surface area contributed by atoms with Gasteiger partial charge >= 0.3 is 6.09 Å². The lowest BCUT2D eigenvalue weighted by atomic mass is 10.0. The highest BCUT2D eigenvalue weighted by atomic mass is 35.5. The molecule has 2 atom stereocenters. The number of benzene rings is 1. The van der Waals surface area contributed by atoms with Gasteiger partial charge in [0.2, 0.25) is 0 Å². The summed E-state index contributed by atoms with van der Waals surface area (Å²) in [6.45, 7) is 3.21. The Hall–Kier alpha value is -1.26. The van der Waals surface area contributed by atoms with Crippen LogP contribution in [0.5, 0.6) is 0 Å². The number of halogens is 1. The van der Waals surface area contributed by atoms with Gasteiger partial charge in [-0.3, -0.25) is 0 Å². The highest BCUT2D eigenvalue weighted by molar-refractivity contribution is 6.30. The van der Waals surface area contributed by atoms with E-state index in [0.29, 0.717) is 24.0 Å². The smallest absolute Gasteiger partial charge is 0.410 e. The summed E-state index contributed by atoms with van der Waals surface area (Å²) in [6, 6.07) is 7.60. The first kappa shape index (κ1) is 12.8. The van der Waals surface area contributed by atoms with Crippen molar-refractivity contribution in [2.75, 3.05) is 19.6 Å². The van der Waals surface area contributed by atoms with Crippen LogP contribution in [0.25, 0.3) is 0 Å². The summed E-state index contributed by atoms with van der Waals surface area (Å²) in [4.78, 5) is 13.6. The molecule has 2 aliphatic rings. The SMILES string of the molecule is O=C1OC(C2CCNC2)CN1Cc1cccc(Cl)c1. The molecule has 0 aromatic heterocycles. The molecule has 0 spiro atoms. The van der Waals surface area contributed by atoms with Crippen LogP contribution in [0.2, 0.25) is 5.02 Å². The number of rotatable bonds is 3. The average molecular weight is 281 g/mol. The van der Waals surface area contributed by atoms with Crippen LogP contribution < -0.4 is 5.32 Å². The topological polar surface area (TPSA) is 41.6 Å². The number of nitrogens with zero attached hydrogens (tertiary/aromatic N) is 1. The number of ether oxygens (including phenoxy) is 1. The van der Waals surface area contributed by atoms with Crippen LogP contribution in [0, 0.1) is 5.92 Å². The van der Waals surface area contributed by atoms with E-state index in [1.165, 1.54) is 0 Å². The molecule has 19 heavy (non-hydrogen) atoms. The van der Waals surface area contributed by atoms with Gasteiger partial charge in [0.1, 0.15) is 6.10 Å². The van der Waals surface area contributed by atoms with Gasteiger partial charge in [-0.1, -0.05) is 23.7 Å². The van der Waals surface area contributed by atoms with E-state index in [9.17, 15) is 4.79 Å². The summed E-state index contributed by atoms with van der Waals surface area (Å²) in [7, 11) is 0. The van der Waals surface area contributed by atoms with Crippen molar-refractivity contribution in [3.8, 4) is 0 Å². The summed E-state index contributed by atoms with van der Waals surface area (Å²) < 4.78 is 5.47. The zero-order chi connectivity index (χ0) is 13.2. The molecule has 2 fully saturated rings. The van der Waals surface area contributed by atoms with E-state index in [2.05, 4.69) is 5.32 Å². The lowest BCUT2D eigenvalue weighted by Crippen LogP contribution is -2.28. The molecular formula is C14H17ClN2O2. The van der Waals surface area contributed by atoms with E-state index < -0.39 is 0 Å². The molecule has 1 amide bonds. The van der Waals surface area contributed by atoms with Crippen molar-refractivity contribution in [2.45, 2.75) is 19.1 Å². The molecule has 0 saturated carbocycles. The predicted octanol–water partition coefficient (Wildman–Crippen LogP) is 2.27. The number of nitrogens with one attached hydrogen (secondary N) is 1. The summed E-state index contributed by atoms with van der Waals surface area (Å²) in [5.41, 5.74) is 1.04. The minimum absolute atomic E-state index is 0.0293. The maximum absolute atomic E-state index is 11.9. The first-order chi connectivity index (χ1) is 9.22. The Morgan fingerprint density at radius 2 is 2.37 bits per heavy atom. The van der Waals surface area contributed by atoms with Crippen LogP contribution >= 0.6 is 11.6 Å². The molecule has 0 aliphatic carbocycles. The molecule has 0 radical (unpaired) electrons. The third kappa shape index (κ3) is 2.85. The van der Waals surface area contributed by atoms with Gasteiger partial charge in [0.25, 0.3) is 0 Å². The first-order valence-corrected chi connectivity index (χ1v) is 7.01. The maximum atomic E-state index is 11.9. The molecule has 1 N–H and O–H groups in total. The highest BCUT2D eigenvalue weighted by Gasteiger charge is 2.37. The largest absolute Gasteiger partial charge is 0.444 e. The normalized spacial score (nSPS) is 26.8. The zero-order valence-electron chi connectivity index (χ0n) is 10.6. The zero-order valence-corrected chi connectivity index (χ0v) is 11.4. The standard InChI is InChI=1S/C14H17ClN2O2/c15-12-3-1-2-10(6-12)8-17-9-13(19-14(17)18)11-4-5-16-7-11/h1-3,6,11,13,16H,4-5,7-9H2. The Bertz CT molecular complexity index is 474. The third-order valence-corrected chi connectivity index (χ3v) is 4.03. The highest BCUT2D eigenvalue weighted by Crippen LogP contribution is 2.24. The van der Waals surface area contributed by atoms with Crippen molar-refractivity contribution in [1.29, 1.82) is 0 Å². The Morgan fingerprint density at radius 3 is 3.11 bits per heavy atom. The molecule has 102 valence electrons. The minimum Gasteiger partial charge on any atom is -0.444 e. The van der Waals surface area contributed by atoms with E-state index in [0.717, 1.165) is 25.1 Å². The Labute approximate surface area is 117 Å². The van der Waals surface area contributed by atoms with Crippen molar-refractivity contribution >= 4 is 17.7 Å². The maximum Gasteiger partial charge on any atom is 0.410 e. The van der Waals surface area contributed by atoms with Crippen LogP contribution in [0.4, 0.5) is 4.79 Å². The molecule has 2 saturated heterocycles. The monoisotopic (exact) mass is 280 g/mol. The van der Waals surface area contributed by atoms with Crippen molar-refractivity contribution in [3.05, 3.63) is 34.9 Å². The summed E-state index contributed by atoms with van der Waals surface area (Å²) in [6.07, 6.45) is 0.904. The van der Waals surface area contributed by atoms with Crippen molar-refractivity contribution in [3.63, 3.8) is 0 Å². The van der Waals surface area contributed by atoms with E-state index in [1.54, 1.807) is 4.90 Å². The van der Waals surface area contributed by atoms with Gasteiger partial charge in [-0.25, -0.2) is 4.79 Å². The number of hydrogen-bond acceptors (Lipinski definition) is 3. The lowest BCUT2D eigenvalue weighted by molar-refractivity contribution is 0.107. The van der Waals surface area contributed by atoms with Crippen molar-refractivity contribution < 1.29 is 9.53 Å². The Balaban J connectivity index is 1.64. The third-order valence-electron chi connectivity index (χ3n) is 3.80. The fraction of sp³-hybridized carbons (Fsp3) is 0.500. The van der Waals surface area contributed by atoms with E-state index in [-0.39, 0.29) is 12.2 Å². The molecule has 2 aliphatic heterocycles. The van der Waals surface area contributed by atoms with E-state index in [4.69, 9.17) is 16.3 Å². The van der Waals surface area contributed by atoms with Crippen molar-refractivity contribution in [1.82, 2.24) is 10.2 Å². The molecule has 2 heterocycles. The molecule has 5 heteroatoms. The molecule has 0 bridgehead atoms. The van der Waals surface area contributed by atoms with Crippen LogP contribution in [0.3, 0.4) is 0 Å². The number of amides is 1. The predicted molar refractivity (Wildman–Crippen MR) is 73.1 cm³/mol. The second-order valence-corrected chi connectivity index (χ2v) is 5.62. The number of carbonyl (C=O) groups excluding carboxylic acids is 1. The minimum atomic E-state index is -0.211. The number of cyclic esters (lactones) is 1. The van der Waals surface area contributed by atoms with Crippen molar-refractivity contribution in [2.24, 2.45) is 5.92 Å². The van der Waals surface area contributed by atoms with Gasteiger partial charge in [-0.15, -0.1) is 0 Å². The van der Waals surface area contributed by atoms with Gasteiger partial charge in [-0.05, 0) is 30.7 Å². The fourth-order valence-corrected chi connectivity index (χ4v) is 2.97. The van der Waals surface area contributed by atoms with Gasteiger partial charge < -0.3 is 15.0 Å². The Kier molecular flexibility index (Phi) is 3.62. The molecule has 2 unspecified atom stereocenters. The molecule has 3 rings (SSSR count). The Morgan fingerprint density at radius 1 is 1.47 bits per heavy atom. The molecular weight excluding hydrogens is 264 g/mol. The fourth-order valence-electron chi connectivity index (χ4n) is 2.76. The summed E-state index contributed by atoms with van der Waals surface area (Å²) >= 11 is 5.96. The van der Waals surface area contributed by atoms with Crippen LogP contribution in [0.15, 0.2) is 24.3 Å². The second kappa shape index (κ2) is 5.39. The number of carbonyl (C=O) groups is 1. The van der Waals surface area contributed by atoms with Crippen LogP contribution in [-0.2, 0) is 11.3 Å². The lowest BCUT2D eigenvalue weighted by Gasteiger charge is -2.15. The van der Waals surface area contributed by atoms with Gasteiger partial charge in [0, 0.05) is 24.0 Å². The van der Waals surface area contributed by atoms with E-state index >= 15 is 0 Å². The molecule has 1 aromatic carbocycles. The molecule has 1 aromatic rings. The second-order valence-electron chi connectivity index (χ2n) is 5.19. The summed E-state index contributed by atoms with van der Waals surface area (Å²) in [5.74, 6) is 0.452. The average Bonchev–Trinajstić information content (AvgIpc) is 3.00. The first-order valence-electron chi connectivity index (χ1n) is 6.63. The quantitative estimate of drug-likeness (QED) is 0.923. The van der Waals surface area contributed by atoms with Crippen LogP contribution in [0.1, 0.15) is 12.0 Å². The van der Waals surface area contributed by atoms with E-state index in [1.807, 2.05) is 24.3 Å². The summed E-state index contributed by atoms with van der Waals surface area (Å²) in [5, 5.41) is 4.00. The van der Waals surface area contributed by atoms with Gasteiger partial charge in [0.05, 0.1) is 6.54 Å². The number of hydrogen-bond donors (Lipinski definition) is 1.